The molecule has 0 atom stereocenters. The largest absolute Gasteiger partial charge is 0.397 e. The Morgan fingerprint density at radius 3 is 1.78 bits per heavy atom. The molecular weight excluding hydrogens is 522 g/mol. The van der Waals surface area contributed by atoms with Crippen molar-refractivity contribution in [3.05, 3.63) is 69.3 Å². The van der Waals surface area contributed by atoms with Crippen molar-refractivity contribution in [2.24, 2.45) is 0 Å². The van der Waals surface area contributed by atoms with Crippen molar-refractivity contribution in [1.82, 2.24) is 0 Å². The molecule has 11 nitrogen and oxygen atoms in total. The molecule has 6 N–H and O–H groups in total. The molecule has 4 rings (SSSR count). The van der Waals surface area contributed by atoms with Crippen LogP contribution in [0.15, 0.2) is 40.1 Å². The predicted molar refractivity (Wildman–Crippen MR) is 137 cm³/mol. The third kappa shape index (κ3) is 4.05. The van der Waals surface area contributed by atoms with Gasteiger partial charge >= 0.3 is 0 Å². The second-order valence-electron chi connectivity index (χ2n) is 8.57. The Balaban J connectivity index is 2.11. The second kappa shape index (κ2) is 8.66. The van der Waals surface area contributed by atoms with Crippen molar-refractivity contribution in [3.8, 4) is 0 Å². The summed E-state index contributed by atoms with van der Waals surface area (Å²) in [7, 11) is -8.10. The van der Waals surface area contributed by atoms with Gasteiger partial charge in [0, 0.05) is 29.5 Å². The highest BCUT2D eigenvalue weighted by molar-refractivity contribution is 7.86. The molecule has 0 bridgehead atoms. The van der Waals surface area contributed by atoms with Gasteiger partial charge in [-0.1, -0.05) is 24.3 Å². The Morgan fingerprint density at radius 2 is 1.30 bits per heavy atom. The number of ketones is 2. The molecule has 0 fully saturated rings. The van der Waals surface area contributed by atoms with Gasteiger partial charge in [0.25, 0.3) is 20.2 Å². The zero-order chi connectivity index (χ0) is 27.6. The maximum atomic E-state index is 13.5. The van der Waals surface area contributed by atoms with Crippen molar-refractivity contribution < 1.29 is 35.5 Å². The molecule has 13 heteroatoms. The van der Waals surface area contributed by atoms with E-state index < -0.39 is 52.8 Å². The Bertz CT molecular complexity index is 1760. The Kier molecular flexibility index (Phi) is 6.15. The van der Waals surface area contributed by atoms with Crippen LogP contribution in [-0.2, 0) is 20.2 Å². The van der Waals surface area contributed by atoms with E-state index in [4.69, 9.17) is 5.73 Å². The number of carbonyl (C=O) groups is 2. The number of benzene rings is 3. The number of hydrogen-bond acceptors (Lipinski definition) is 9. The average molecular weight is 546 g/mol. The van der Waals surface area contributed by atoms with Gasteiger partial charge in [-0.3, -0.25) is 18.7 Å². The Hall–Kier alpha value is -3.78. The first-order valence-corrected chi connectivity index (χ1v) is 13.7. The summed E-state index contributed by atoms with van der Waals surface area (Å²) >= 11 is 0. The van der Waals surface area contributed by atoms with E-state index >= 15 is 0 Å². The predicted octanol–water partition coefficient (Wildman–Crippen LogP) is 3.25. The number of carbonyl (C=O) groups excluding carboxylic acids is 2. The molecular formula is C24H23N3O8S2. The van der Waals surface area contributed by atoms with Crippen LogP contribution in [0.25, 0.3) is 0 Å². The van der Waals surface area contributed by atoms with E-state index in [-0.39, 0.29) is 39.2 Å². The number of nitrogens with two attached hydrogens (primary N) is 1. The molecule has 0 aromatic heterocycles. The number of hydrogen-bond donors (Lipinski definition) is 5. The summed E-state index contributed by atoms with van der Waals surface area (Å²) < 4.78 is 68.5. The van der Waals surface area contributed by atoms with Crippen LogP contribution in [0.1, 0.15) is 48.5 Å². The fourth-order valence-corrected chi connectivity index (χ4v) is 6.51. The van der Waals surface area contributed by atoms with Crippen molar-refractivity contribution in [1.29, 1.82) is 0 Å². The quantitative estimate of drug-likeness (QED) is 0.182. The van der Waals surface area contributed by atoms with Crippen LogP contribution in [0.2, 0.25) is 0 Å². The Morgan fingerprint density at radius 1 is 0.784 bits per heavy atom. The van der Waals surface area contributed by atoms with Crippen molar-refractivity contribution in [2.45, 2.75) is 30.6 Å². The zero-order valence-electron chi connectivity index (χ0n) is 20.1. The molecule has 0 saturated heterocycles. The van der Waals surface area contributed by atoms with Crippen LogP contribution in [-0.4, -0.2) is 44.6 Å². The van der Waals surface area contributed by atoms with Gasteiger partial charge in [-0.2, -0.15) is 16.8 Å². The molecule has 37 heavy (non-hydrogen) atoms. The second-order valence-corrected chi connectivity index (χ2v) is 11.3. The number of rotatable bonds is 5. The van der Waals surface area contributed by atoms with E-state index in [0.717, 1.165) is 6.07 Å². The van der Waals surface area contributed by atoms with Crippen molar-refractivity contribution in [2.75, 3.05) is 23.4 Å². The molecule has 3 aromatic rings. The summed E-state index contributed by atoms with van der Waals surface area (Å²) in [5.41, 5.74) is 5.89. The summed E-state index contributed by atoms with van der Waals surface area (Å²) in [6.07, 6.45) is 0. The smallest absolute Gasteiger partial charge is 0.296 e. The van der Waals surface area contributed by atoms with Crippen molar-refractivity contribution >= 4 is 54.6 Å². The van der Waals surface area contributed by atoms with Crippen molar-refractivity contribution in [3.63, 3.8) is 0 Å². The van der Waals surface area contributed by atoms with E-state index in [1.54, 1.807) is 20.0 Å². The third-order valence-corrected chi connectivity index (χ3v) is 8.45. The summed E-state index contributed by atoms with van der Waals surface area (Å²) in [6, 6.07) is 6.84. The minimum absolute atomic E-state index is 0.0129. The highest BCUT2D eigenvalue weighted by Gasteiger charge is 2.37. The lowest BCUT2D eigenvalue weighted by Gasteiger charge is -2.26. The minimum atomic E-state index is -4.95. The van der Waals surface area contributed by atoms with Gasteiger partial charge in [0.2, 0.25) is 0 Å². The van der Waals surface area contributed by atoms with Crippen LogP contribution >= 0.6 is 0 Å². The highest BCUT2D eigenvalue weighted by Crippen LogP contribution is 2.43. The summed E-state index contributed by atoms with van der Waals surface area (Å²) in [5, 5.41) is 5.76. The van der Waals surface area contributed by atoms with E-state index in [9.17, 15) is 35.5 Å². The first kappa shape index (κ1) is 26.3. The number of nitrogen functional groups attached to an aromatic ring is 1. The Labute approximate surface area is 213 Å². The SMILES string of the molecule is CNc1c(C)c(Nc2cc(S(=O)(=O)O)c(N)c3c2C(=O)c2ccccc2C3=O)c(C)c(S(=O)(=O)O)c1C. The molecule has 1 aliphatic carbocycles. The maximum absolute atomic E-state index is 13.5. The van der Waals surface area contributed by atoms with Crippen LogP contribution in [0.3, 0.4) is 0 Å². The van der Waals surface area contributed by atoms with Crippen LogP contribution < -0.4 is 16.4 Å². The number of anilines is 4. The minimum Gasteiger partial charge on any atom is -0.397 e. The third-order valence-electron chi connectivity index (χ3n) is 6.43. The first-order chi connectivity index (χ1) is 17.1. The highest BCUT2D eigenvalue weighted by atomic mass is 32.2. The molecule has 0 amide bonds. The van der Waals surface area contributed by atoms with Gasteiger partial charge in [-0.25, -0.2) is 0 Å². The first-order valence-electron chi connectivity index (χ1n) is 10.8. The maximum Gasteiger partial charge on any atom is 0.296 e. The van der Waals surface area contributed by atoms with E-state index in [2.05, 4.69) is 10.6 Å². The topological polar surface area (TPSA) is 193 Å². The molecule has 0 saturated carbocycles. The van der Waals surface area contributed by atoms with Gasteiger partial charge in [0.1, 0.15) is 9.79 Å². The van der Waals surface area contributed by atoms with Crippen LogP contribution in [0.5, 0.6) is 0 Å². The van der Waals surface area contributed by atoms with Gasteiger partial charge in [-0.05, 0) is 43.5 Å². The molecule has 0 unspecified atom stereocenters. The number of fused-ring (bicyclic) bond motifs is 2. The van der Waals surface area contributed by atoms with E-state index in [1.165, 1.54) is 32.0 Å². The van der Waals surface area contributed by atoms with Crippen LogP contribution in [0, 0.1) is 20.8 Å². The van der Waals surface area contributed by atoms with Gasteiger partial charge in [0.05, 0.1) is 22.5 Å². The molecule has 0 heterocycles. The number of nitrogens with one attached hydrogen (secondary N) is 2. The molecule has 3 aromatic carbocycles. The lowest BCUT2D eigenvalue weighted by molar-refractivity contribution is 0.0980. The normalized spacial score (nSPS) is 13.2. The van der Waals surface area contributed by atoms with Gasteiger partial charge in [-0.15, -0.1) is 0 Å². The average Bonchev–Trinajstić information content (AvgIpc) is 2.79. The molecule has 0 aliphatic heterocycles. The molecule has 194 valence electrons. The zero-order valence-corrected chi connectivity index (χ0v) is 21.8. The molecule has 0 radical (unpaired) electrons. The van der Waals surface area contributed by atoms with E-state index in [1.807, 2.05) is 0 Å². The standard InChI is InChI=1S/C24H23N3O8S2/c1-10-20(26-4)11(2)24(37(33,34)35)12(3)21(10)27-15-9-16(36(30,31)32)19(25)18-17(15)22(28)13-7-5-6-8-14(13)23(18)29/h5-9,26-27H,25H2,1-4H3,(H,30,31,32)(H,33,34,35). The van der Waals surface area contributed by atoms with E-state index in [0.29, 0.717) is 11.3 Å². The lowest BCUT2D eigenvalue weighted by atomic mass is 9.82. The summed E-state index contributed by atoms with van der Waals surface area (Å²) in [5.74, 6) is -1.35. The lowest BCUT2D eigenvalue weighted by Crippen LogP contribution is -2.25. The van der Waals surface area contributed by atoms with Gasteiger partial charge < -0.3 is 16.4 Å². The fraction of sp³-hybridized carbons (Fsp3) is 0.167. The monoisotopic (exact) mass is 545 g/mol. The molecule has 1 aliphatic rings. The van der Waals surface area contributed by atoms with Crippen LogP contribution in [0.4, 0.5) is 22.7 Å². The fourth-order valence-electron chi connectivity index (χ4n) is 4.89. The van der Waals surface area contributed by atoms with Gasteiger partial charge in [0.15, 0.2) is 11.6 Å². The summed E-state index contributed by atoms with van der Waals surface area (Å²) in [4.78, 5) is 25.7. The molecule has 0 spiro atoms. The summed E-state index contributed by atoms with van der Waals surface area (Å²) in [6.45, 7) is 4.55.